The molecule has 5 aromatic rings. The Morgan fingerprint density at radius 3 is 2.50 bits per heavy atom. The van der Waals surface area contributed by atoms with Crippen LogP contribution < -0.4 is 0 Å². The normalized spacial score (nSPS) is 12.1. The number of benzene rings is 3. The number of nitrogens with zero attached hydrogens (tertiary/aromatic N) is 1. The van der Waals surface area contributed by atoms with Gasteiger partial charge < -0.3 is 8.98 Å². The highest BCUT2D eigenvalue weighted by Crippen LogP contribution is 2.36. The number of aryl methyl sites for hydroxylation is 2. The molecule has 0 bridgehead atoms. The van der Waals surface area contributed by atoms with Gasteiger partial charge in [-0.2, -0.15) is 0 Å². The first kappa shape index (κ1) is 13.7. The molecule has 0 aliphatic rings. The first-order chi connectivity index (χ1) is 11.8. The van der Waals surface area contributed by atoms with Crippen LogP contribution in [0, 0.1) is 0 Å². The average Bonchev–Trinajstić information content (AvgIpc) is 3.10. The zero-order valence-electron chi connectivity index (χ0n) is 14.0. The molecule has 0 fully saturated rings. The first-order valence-electron chi connectivity index (χ1n) is 8.58. The van der Waals surface area contributed by atoms with Gasteiger partial charge in [0, 0.05) is 40.2 Å². The number of para-hydroxylation sites is 1. The second-order valence-electron chi connectivity index (χ2n) is 6.62. The van der Waals surface area contributed by atoms with E-state index in [1.54, 1.807) is 0 Å². The van der Waals surface area contributed by atoms with Gasteiger partial charge in [-0.25, -0.2) is 0 Å². The topological polar surface area (TPSA) is 18.1 Å². The second kappa shape index (κ2) is 4.88. The maximum Gasteiger partial charge on any atom is 0.137 e. The Labute approximate surface area is 140 Å². The highest BCUT2D eigenvalue weighted by molar-refractivity contribution is 6.16. The van der Waals surface area contributed by atoms with Crippen molar-refractivity contribution in [2.24, 2.45) is 7.05 Å². The number of fused-ring (bicyclic) bond motifs is 6. The molecular weight excluding hydrogens is 294 g/mol. The van der Waals surface area contributed by atoms with Crippen molar-refractivity contribution in [2.45, 2.75) is 19.8 Å². The van der Waals surface area contributed by atoms with E-state index in [0.717, 1.165) is 24.0 Å². The van der Waals surface area contributed by atoms with Crippen LogP contribution in [0.2, 0.25) is 0 Å². The van der Waals surface area contributed by atoms with Crippen LogP contribution in [0.15, 0.2) is 59.0 Å². The summed E-state index contributed by atoms with van der Waals surface area (Å²) in [5, 5.41) is 5.04. The van der Waals surface area contributed by atoms with Gasteiger partial charge in [0.25, 0.3) is 0 Å². The zero-order chi connectivity index (χ0) is 16.3. The van der Waals surface area contributed by atoms with Gasteiger partial charge in [0.05, 0.1) is 5.52 Å². The Hall–Kier alpha value is -2.74. The number of rotatable bonds is 2. The molecule has 0 atom stereocenters. The van der Waals surface area contributed by atoms with Crippen molar-refractivity contribution in [3.8, 4) is 0 Å². The van der Waals surface area contributed by atoms with Gasteiger partial charge in [-0.05, 0) is 36.2 Å². The fourth-order valence-corrected chi connectivity index (χ4v) is 3.92. The molecule has 2 heterocycles. The van der Waals surface area contributed by atoms with E-state index in [2.05, 4.69) is 73.1 Å². The van der Waals surface area contributed by atoms with E-state index in [1.165, 1.54) is 38.1 Å². The fourth-order valence-electron chi connectivity index (χ4n) is 3.92. The van der Waals surface area contributed by atoms with E-state index in [0.29, 0.717) is 0 Å². The first-order valence-corrected chi connectivity index (χ1v) is 8.58. The van der Waals surface area contributed by atoms with Crippen LogP contribution in [0.5, 0.6) is 0 Å². The van der Waals surface area contributed by atoms with Crippen LogP contribution in [0.25, 0.3) is 43.7 Å². The molecule has 5 rings (SSSR count). The van der Waals surface area contributed by atoms with Gasteiger partial charge in [0.15, 0.2) is 0 Å². The molecular formula is C22H19NO. The largest absolute Gasteiger partial charge is 0.456 e. The molecule has 118 valence electrons. The summed E-state index contributed by atoms with van der Waals surface area (Å²) in [5.74, 6) is 0. The van der Waals surface area contributed by atoms with Crippen molar-refractivity contribution >= 4 is 43.7 Å². The highest BCUT2D eigenvalue weighted by atomic mass is 16.3. The van der Waals surface area contributed by atoms with Gasteiger partial charge in [-0.3, -0.25) is 0 Å². The molecule has 24 heavy (non-hydrogen) atoms. The van der Waals surface area contributed by atoms with Crippen molar-refractivity contribution < 1.29 is 4.42 Å². The molecule has 0 spiro atoms. The van der Waals surface area contributed by atoms with Crippen LogP contribution in [-0.4, -0.2) is 4.57 Å². The maximum atomic E-state index is 6.13. The van der Waals surface area contributed by atoms with Gasteiger partial charge in [0.2, 0.25) is 0 Å². The molecule has 0 unspecified atom stereocenters. The molecule has 0 saturated carbocycles. The lowest BCUT2D eigenvalue weighted by Gasteiger charge is -1.98. The molecule has 0 saturated heterocycles. The molecule has 0 radical (unpaired) electrons. The predicted molar refractivity (Wildman–Crippen MR) is 102 cm³/mol. The van der Waals surface area contributed by atoms with Crippen LogP contribution in [-0.2, 0) is 13.5 Å². The summed E-state index contributed by atoms with van der Waals surface area (Å²) < 4.78 is 8.38. The summed E-state index contributed by atoms with van der Waals surface area (Å²) in [6.45, 7) is 2.22. The summed E-state index contributed by atoms with van der Waals surface area (Å²) in [7, 11) is 2.12. The lowest BCUT2D eigenvalue weighted by atomic mass is 10.0. The van der Waals surface area contributed by atoms with Crippen LogP contribution in [0.1, 0.15) is 18.9 Å². The van der Waals surface area contributed by atoms with E-state index < -0.39 is 0 Å². The van der Waals surface area contributed by atoms with E-state index >= 15 is 0 Å². The highest BCUT2D eigenvalue weighted by Gasteiger charge is 2.13. The summed E-state index contributed by atoms with van der Waals surface area (Å²) in [6.07, 6.45) is 2.27. The van der Waals surface area contributed by atoms with E-state index in [9.17, 15) is 0 Å². The van der Waals surface area contributed by atoms with Crippen molar-refractivity contribution in [3.05, 3.63) is 60.2 Å². The average molecular weight is 313 g/mol. The van der Waals surface area contributed by atoms with E-state index in [-0.39, 0.29) is 0 Å². The number of furan rings is 1. The number of hydrogen-bond donors (Lipinski definition) is 0. The van der Waals surface area contributed by atoms with Crippen molar-refractivity contribution in [1.29, 1.82) is 0 Å². The zero-order valence-corrected chi connectivity index (χ0v) is 14.0. The third-order valence-electron chi connectivity index (χ3n) is 5.11. The summed E-state index contributed by atoms with van der Waals surface area (Å²) in [6, 6.07) is 19.7. The smallest absolute Gasteiger partial charge is 0.137 e. The molecule has 0 aliphatic heterocycles. The molecule has 2 heteroatoms. The number of hydrogen-bond acceptors (Lipinski definition) is 1. The second-order valence-corrected chi connectivity index (χ2v) is 6.62. The van der Waals surface area contributed by atoms with Crippen molar-refractivity contribution in [3.63, 3.8) is 0 Å². The summed E-state index contributed by atoms with van der Waals surface area (Å²) in [4.78, 5) is 0. The Balaban J connectivity index is 1.92. The third kappa shape index (κ3) is 1.77. The molecule has 2 aromatic heterocycles. The lowest BCUT2D eigenvalue weighted by Crippen LogP contribution is -1.85. The van der Waals surface area contributed by atoms with E-state index in [1.807, 2.05) is 0 Å². The van der Waals surface area contributed by atoms with Gasteiger partial charge in [-0.1, -0.05) is 37.6 Å². The molecule has 0 N–H and O–H groups in total. The quantitative estimate of drug-likeness (QED) is 0.380. The number of aromatic nitrogens is 1. The lowest BCUT2D eigenvalue weighted by molar-refractivity contribution is 0.669. The van der Waals surface area contributed by atoms with Crippen LogP contribution in [0.4, 0.5) is 0 Å². The van der Waals surface area contributed by atoms with E-state index in [4.69, 9.17) is 4.42 Å². The monoisotopic (exact) mass is 313 g/mol. The SMILES string of the molecule is CCCc1ccc2oc3cc4c(cc3c2c1)c1ccccc1n4C. The fraction of sp³-hybridized carbons (Fsp3) is 0.182. The third-order valence-corrected chi connectivity index (χ3v) is 5.11. The van der Waals surface area contributed by atoms with Gasteiger partial charge in [-0.15, -0.1) is 0 Å². The Bertz CT molecular complexity index is 1220. The van der Waals surface area contributed by atoms with Crippen molar-refractivity contribution in [2.75, 3.05) is 0 Å². The minimum Gasteiger partial charge on any atom is -0.456 e. The van der Waals surface area contributed by atoms with Gasteiger partial charge >= 0.3 is 0 Å². The molecule has 0 amide bonds. The molecule has 3 aromatic carbocycles. The van der Waals surface area contributed by atoms with Crippen LogP contribution in [0.3, 0.4) is 0 Å². The predicted octanol–water partition coefficient (Wildman–Crippen LogP) is 6.18. The van der Waals surface area contributed by atoms with Gasteiger partial charge in [0.1, 0.15) is 11.2 Å². The maximum absolute atomic E-state index is 6.13. The minimum atomic E-state index is 0.969. The Morgan fingerprint density at radius 1 is 0.792 bits per heavy atom. The Kier molecular flexibility index (Phi) is 2.78. The van der Waals surface area contributed by atoms with Crippen molar-refractivity contribution in [1.82, 2.24) is 4.57 Å². The summed E-state index contributed by atoms with van der Waals surface area (Å²) >= 11 is 0. The molecule has 0 aliphatic carbocycles. The van der Waals surface area contributed by atoms with Crippen LogP contribution >= 0.6 is 0 Å². The standard InChI is InChI=1S/C22H19NO/c1-3-6-14-9-10-21-17(11-14)18-12-16-15-7-4-5-8-19(15)23(2)20(16)13-22(18)24-21/h4-5,7-13H,3,6H2,1-2H3. The molecule has 2 nitrogen and oxygen atoms in total. The minimum absolute atomic E-state index is 0.969. The summed E-state index contributed by atoms with van der Waals surface area (Å²) in [5.41, 5.74) is 5.81. The Morgan fingerprint density at radius 2 is 1.62 bits per heavy atom.